The van der Waals surface area contributed by atoms with Crippen molar-refractivity contribution >= 4 is 9.84 Å². The molecular formula is C12H25NO2S. The molecule has 0 aromatic carbocycles. The van der Waals surface area contributed by atoms with Crippen LogP contribution in [0.1, 0.15) is 51.9 Å². The molecule has 1 rings (SSSR count). The summed E-state index contributed by atoms with van der Waals surface area (Å²) < 4.78 is 23.0. The minimum Gasteiger partial charge on any atom is -0.314 e. The summed E-state index contributed by atoms with van der Waals surface area (Å²) in [6.45, 7) is 3.23. The Balaban J connectivity index is 2.28. The van der Waals surface area contributed by atoms with Crippen LogP contribution in [0.3, 0.4) is 0 Å². The predicted molar refractivity (Wildman–Crippen MR) is 68.4 cm³/mol. The van der Waals surface area contributed by atoms with Gasteiger partial charge in [0.15, 0.2) is 0 Å². The topological polar surface area (TPSA) is 46.2 Å². The summed E-state index contributed by atoms with van der Waals surface area (Å²) >= 11 is 0. The van der Waals surface area contributed by atoms with Crippen LogP contribution in [-0.4, -0.2) is 32.5 Å². The van der Waals surface area contributed by atoms with Crippen molar-refractivity contribution in [1.82, 2.24) is 5.32 Å². The molecule has 2 atom stereocenters. The summed E-state index contributed by atoms with van der Waals surface area (Å²) in [5.74, 6) is 0. The summed E-state index contributed by atoms with van der Waals surface area (Å²) in [6, 6.07) is 0.422. The quantitative estimate of drug-likeness (QED) is 0.731. The normalized spacial score (nSPS) is 26.9. The molecule has 1 saturated carbocycles. The van der Waals surface area contributed by atoms with E-state index in [4.69, 9.17) is 0 Å². The van der Waals surface area contributed by atoms with Crippen LogP contribution >= 0.6 is 0 Å². The standard InChI is InChI=1S/C12H25NO2S/c1-3-4-5-9-13-11-7-6-8-12(10-11)16(2,14)15/h11-13H,3-10H2,1-2H3. The molecule has 0 aromatic heterocycles. The van der Waals surface area contributed by atoms with Crippen LogP contribution in [0.2, 0.25) is 0 Å². The number of rotatable bonds is 6. The van der Waals surface area contributed by atoms with Gasteiger partial charge in [-0.05, 0) is 32.2 Å². The Hall–Kier alpha value is -0.0900. The third kappa shape index (κ3) is 4.83. The molecule has 0 aliphatic heterocycles. The first-order chi connectivity index (χ1) is 7.54. The number of nitrogens with one attached hydrogen (secondary N) is 1. The Morgan fingerprint density at radius 2 is 2.00 bits per heavy atom. The third-order valence-electron chi connectivity index (χ3n) is 3.44. The maximum absolute atomic E-state index is 11.5. The van der Waals surface area contributed by atoms with Crippen molar-refractivity contribution in [3.8, 4) is 0 Å². The zero-order valence-corrected chi connectivity index (χ0v) is 11.4. The lowest BCUT2D eigenvalue weighted by molar-refractivity contribution is 0.369. The molecule has 0 amide bonds. The first-order valence-electron chi connectivity index (χ1n) is 6.46. The first-order valence-corrected chi connectivity index (χ1v) is 8.41. The predicted octanol–water partition coefficient (Wildman–Crippen LogP) is 2.12. The fourth-order valence-electron chi connectivity index (χ4n) is 2.40. The van der Waals surface area contributed by atoms with Crippen molar-refractivity contribution in [2.45, 2.75) is 63.2 Å². The molecule has 0 spiro atoms. The van der Waals surface area contributed by atoms with E-state index in [9.17, 15) is 8.42 Å². The molecular weight excluding hydrogens is 222 g/mol. The highest BCUT2D eigenvalue weighted by atomic mass is 32.2. The molecule has 0 aromatic rings. The lowest BCUT2D eigenvalue weighted by Crippen LogP contribution is -2.39. The van der Waals surface area contributed by atoms with Crippen LogP contribution in [0, 0.1) is 0 Å². The molecule has 2 unspecified atom stereocenters. The molecule has 0 bridgehead atoms. The van der Waals surface area contributed by atoms with E-state index in [2.05, 4.69) is 12.2 Å². The molecule has 1 aliphatic carbocycles. The van der Waals surface area contributed by atoms with Gasteiger partial charge in [-0.2, -0.15) is 0 Å². The SMILES string of the molecule is CCCCCNC1CCCC(S(C)(=O)=O)C1. The van der Waals surface area contributed by atoms with Gasteiger partial charge in [0.2, 0.25) is 0 Å². The second-order valence-electron chi connectivity index (χ2n) is 4.98. The first kappa shape index (κ1) is 14.0. The van der Waals surface area contributed by atoms with Gasteiger partial charge in [-0.3, -0.25) is 0 Å². The second kappa shape index (κ2) is 6.60. The molecule has 0 radical (unpaired) electrons. The maximum atomic E-state index is 11.5. The average molecular weight is 247 g/mol. The van der Waals surface area contributed by atoms with Crippen molar-refractivity contribution < 1.29 is 8.42 Å². The van der Waals surface area contributed by atoms with Crippen LogP contribution in [0.4, 0.5) is 0 Å². The molecule has 3 nitrogen and oxygen atoms in total. The molecule has 1 fully saturated rings. The van der Waals surface area contributed by atoms with E-state index in [1.54, 1.807) is 0 Å². The van der Waals surface area contributed by atoms with Gasteiger partial charge in [0, 0.05) is 12.3 Å². The Morgan fingerprint density at radius 3 is 2.62 bits per heavy atom. The smallest absolute Gasteiger partial charge is 0.150 e. The Bertz CT molecular complexity index is 287. The van der Waals surface area contributed by atoms with Crippen molar-refractivity contribution in [2.24, 2.45) is 0 Å². The minimum atomic E-state index is -2.83. The van der Waals surface area contributed by atoms with Crippen LogP contribution < -0.4 is 5.32 Å². The summed E-state index contributed by atoms with van der Waals surface area (Å²) in [6.07, 6.45) is 8.92. The van der Waals surface area contributed by atoms with E-state index < -0.39 is 9.84 Å². The minimum absolute atomic E-state index is 0.107. The molecule has 96 valence electrons. The number of sulfone groups is 1. The van der Waals surface area contributed by atoms with Gasteiger partial charge < -0.3 is 5.32 Å². The molecule has 16 heavy (non-hydrogen) atoms. The number of hydrogen-bond acceptors (Lipinski definition) is 3. The van der Waals surface area contributed by atoms with Gasteiger partial charge in [0.25, 0.3) is 0 Å². The average Bonchev–Trinajstić information content (AvgIpc) is 2.24. The monoisotopic (exact) mass is 247 g/mol. The Kier molecular flexibility index (Phi) is 5.76. The fourth-order valence-corrected chi connectivity index (χ4v) is 3.58. The van der Waals surface area contributed by atoms with Crippen molar-refractivity contribution in [1.29, 1.82) is 0 Å². The molecule has 0 saturated heterocycles. The highest BCUT2D eigenvalue weighted by Crippen LogP contribution is 2.23. The van der Waals surface area contributed by atoms with Gasteiger partial charge in [-0.1, -0.05) is 26.2 Å². The van der Waals surface area contributed by atoms with E-state index in [0.29, 0.717) is 6.04 Å². The largest absolute Gasteiger partial charge is 0.314 e. The van der Waals surface area contributed by atoms with Crippen LogP contribution in [-0.2, 0) is 9.84 Å². The lowest BCUT2D eigenvalue weighted by atomic mass is 9.95. The Labute approximate surface area is 99.9 Å². The molecule has 4 heteroatoms. The lowest BCUT2D eigenvalue weighted by Gasteiger charge is -2.28. The van der Waals surface area contributed by atoms with E-state index in [-0.39, 0.29) is 5.25 Å². The fraction of sp³-hybridized carbons (Fsp3) is 1.00. The van der Waals surface area contributed by atoms with E-state index in [1.165, 1.54) is 25.5 Å². The maximum Gasteiger partial charge on any atom is 0.150 e. The second-order valence-corrected chi connectivity index (χ2v) is 7.30. The van der Waals surface area contributed by atoms with E-state index in [1.807, 2.05) is 0 Å². The van der Waals surface area contributed by atoms with Crippen molar-refractivity contribution in [2.75, 3.05) is 12.8 Å². The summed E-state index contributed by atoms with van der Waals surface area (Å²) in [7, 11) is -2.83. The van der Waals surface area contributed by atoms with E-state index in [0.717, 1.165) is 32.2 Å². The Morgan fingerprint density at radius 1 is 1.25 bits per heavy atom. The molecule has 1 N–H and O–H groups in total. The van der Waals surface area contributed by atoms with Crippen molar-refractivity contribution in [3.05, 3.63) is 0 Å². The molecule has 1 aliphatic rings. The summed E-state index contributed by atoms with van der Waals surface area (Å²) in [5, 5.41) is 3.39. The zero-order valence-electron chi connectivity index (χ0n) is 10.5. The summed E-state index contributed by atoms with van der Waals surface area (Å²) in [4.78, 5) is 0. The van der Waals surface area contributed by atoms with Crippen LogP contribution in [0.15, 0.2) is 0 Å². The van der Waals surface area contributed by atoms with E-state index >= 15 is 0 Å². The zero-order chi connectivity index (χ0) is 12.0. The highest BCUT2D eigenvalue weighted by Gasteiger charge is 2.28. The van der Waals surface area contributed by atoms with Crippen LogP contribution in [0.5, 0.6) is 0 Å². The third-order valence-corrected chi connectivity index (χ3v) is 5.08. The number of unbranched alkanes of at least 4 members (excludes halogenated alkanes) is 2. The van der Waals surface area contributed by atoms with Crippen LogP contribution in [0.25, 0.3) is 0 Å². The van der Waals surface area contributed by atoms with Gasteiger partial charge in [-0.25, -0.2) is 8.42 Å². The van der Waals surface area contributed by atoms with Gasteiger partial charge in [0.05, 0.1) is 5.25 Å². The molecule has 0 heterocycles. The van der Waals surface area contributed by atoms with Crippen molar-refractivity contribution in [3.63, 3.8) is 0 Å². The van der Waals surface area contributed by atoms with Gasteiger partial charge >= 0.3 is 0 Å². The summed E-state index contributed by atoms with van der Waals surface area (Å²) in [5.41, 5.74) is 0. The number of hydrogen-bond donors (Lipinski definition) is 1. The van der Waals surface area contributed by atoms with Gasteiger partial charge in [-0.15, -0.1) is 0 Å². The highest BCUT2D eigenvalue weighted by molar-refractivity contribution is 7.91. The van der Waals surface area contributed by atoms with Gasteiger partial charge in [0.1, 0.15) is 9.84 Å².